The molecule has 0 radical (unpaired) electrons. The summed E-state index contributed by atoms with van der Waals surface area (Å²) in [6.45, 7) is 3.68. The van der Waals surface area contributed by atoms with Crippen molar-refractivity contribution in [1.29, 1.82) is 0 Å². The number of hydrogen-bond donors (Lipinski definition) is 1. The Balaban J connectivity index is 2.58. The SMILES string of the molecule is COC1CC(C(C)CC(N)=O)CCC1C(C)=O. The summed E-state index contributed by atoms with van der Waals surface area (Å²) in [7, 11) is 1.65. The fourth-order valence-electron chi connectivity index (χ4n) is 2.89. The van der Waals surface area contributed by atoms with Gasteiger partial charge in [-0.15, -0.1) is 0 Å². The van der Waals surface area contributed by atoms with Crippen LogP contribution in [-0.2, 0) is 14.3 Å². The van der Waals surface area contributed by atoms with Gasteiger partial charge in [0.05, 0.1) is 6.10 Å². The summed E-state index contributed by atoms with van der Waals surface area (Å²) < 4.78 is 5.41. The molecule has 1 saturated carbocycles. The van der Waals surface area contributed by atoms with Gasteiger partial charge in [0, 0.05) is 19.4 Å². The molecule has 2 N–H and O–H groups in total. The zero-order chi connectivity index (χ0) is 13.0. The first-order chi connectivity index (χ1) is 7.95. The number of nitrogens with two attached hydrogens (primary N) is 1. The Morgan fingerprint density at radius 2 is 2.06 bits per heavy atom. The van der Waals surface area contributed by atoms with Crippen LogP contribution in [-0.4, -0.2) is 24.9 Å². The first kappa shape index (κ1) is 14.2. The van der Waals surface area contributed by atoms with E-state index in [2.05, 4.69) is 6.92 Å². The van der Waals surface area contributed by atoms with Crippen LogP contribution in [0.3, 0.4) is 0 Å². The van der Waals surface area contributed by atoms with E-state index in [0.29, 0.717) is 12.3 Å². The van der Waals surface area contributed by atoms with Gasteiger partial charge in [-0.25, -0.2) is 0 Å². The highest BCUT2D eigenvalue weighted by atomic mass is 16.5. The molecule has 1 aliphatic rings. The van der Waals surface area contributed by atoms with Crippen molar-refractivity contribution < 1.29 is 14.3 Å². The van der Waals surface area contributed by atoms with Gasteiger partial charge in [-0.3, -0.25) is 9.59 Å². The first-order valence-electron chi connectivity index (χ1n) is 6.27. The van der Waals surface area contributed by atoms with Crippen LogP contribution in [0.25, 0.3) is 0 Å². The van der Waals surface area contributed by atoms with Gasteiger partial charge >= 0.3 is 0 Å². The lowest BCUT2D eigenvalue weighted by atomic mass is 9.72. The molecule has 4 atom stereocenters. The summed E-state index contributed by atoms with van der Waals surface area (Å²) in [5.41, 5.74) is 5.22. The van der Waals surface area contributed by atoms with Gasteiger partial charge in [-0.1, -0.05) is 6.92 Å². The molecule has 0 saturated heterocycles. The predicted octanol–water partition coefficient (Wildman–Crippen LogP) is 1.52. The zero-order valence-corrected chi connectivity index (χ0v) is 10.9. The van der Waals surface area contributed by atoms with Crippen LogP contribution in [0.15, 0.2) is 0 Å². The average Bonchev–Trinajstić information content (AvgIpc) is 2.27. The molecule has 0 heterocycles. The lowest BCUT2D eigenvalue weighted by molar-refractivity contribution is -0.129. The van der Waals surface area contributed by atoms with Crippen molar-refractivity contribution in [1.82, 2.24) is 0 Å². The van der Waals surface area contributed by atoms with E-state index >= 15 is 0 Å². The number of amides is 1. The fourth-order valence-corrected chi connectivity index (χ4v) is 2.89. The summed E-state index contributed by atoms with van der Waals surface area (Å²) in [5.74, 6) is 0.691. The average molecular weight is 241 g/mol. The summed E-state index contributed by atoms with van der Waals surface area (Å²) in [5, 5.41) is 0. The van der Waals surface area contributed by atoms with Crippen molar-refractivity contribution in [2.45, 2.75) is 45.6 Å². The number of rotatable bonds is 5. The Morgan fingerprint density at radius 1 is 1.41 bits per heavy atom. The minimum absolute atomic E-state index is 0.00146. The molecule has 4 nitrogen and oxygen atoms in total. The first-order valence-corrected chi connectivity index (χ1v) is 6.27. The van der Waals surface area contributed by atoms with E-state index < -0.39 is 0 Å². The third kappa shape index (κ3) is 3.80. The second-order valence-electron chi connectivity index (χ2n) is 5.21. The lowest BCUT2D eigenvalue weighted by Crippen LogP contribution is -2.37. The Kier molecular flexibility index (Phi) is 5.12. The smallest absolute Gasteiger partial charge is 0.217 e. The molecule has 0 aliphatic heterocycles. The number of carbonyl (C=O) groups is 2. The van der Waals surface area contributed by atoms with E-state index in [0.717, 1.165) is 19.3 Å². The van der Waals surface area contributed by atoms with Crippen LogP contribution in [0.2, 0.25) is 0 Å². The predicted molar refractivity (Wildman–Crippen MR) is 65.3 cm³/mol. The van der Waals surface area contributed by atoms with Crippen molar-refractivity contribution in [3.05, 3.63) is 0 Å². The van der Waals surface area contributed by atoms with Crippen molar-refractivity contribution >= 4 is 11.7 Å². The van der Waals surface area contributed by atoms with Crippen LogP contribution in [0.1, 0.15) is 39.5 Å². The van der Waals surface area contributed by atoms with Gasteiger partial charge < -0.3 is 10.5 Å². The summed E-state index contributed by atoms with van der Waals surface area (Å²) in [6, 6.07) is 0. The lowest BCUT2D eigenvalue weighted by Gasteiger charge is -2.36. The van der Waals surface area contributed by atoms with Gasteiger partial charge in [0.25, 0.3) is 0 Å². The molecule has 4 heteroatoms. The van der Waals surface area contributed by atoms with Crippen molar-refractivity contribution in [3.63, 3.8) is 0 Å². The third-order valence-corrected chi connectivity index (χ3v) is 3.99. The summed E-state index contributed by atoms with van der Waals surface area (Å²) in [6.07, 6.45) is 3.13. The van der Waals surface area contributed by atoms with E-state index in [9.17, 15) is 9.59 Å². The van der Waals surface area contributed by atoms with E-state index in [4.69, 9.17) is 10.5 Å². The van der Waals surface area contributed by atoms with Crippen LogP contribution in [0.4, 0.5) is 0 Å². The number of primary amides is 1. The minimum Gasteiger partial charge on any atom is -0.381 e. The highest BCUT2D eigenvalue weighted by molar-refractivity contribution is 5.79. The summed E-state index contributed by atoms with van der Waals surface area (Å²) in [4.78, 5) is 22.4. The monoisotopic (exact) mass is 241 g/mol. The fraction of sp³-hybridized carbons (Fsp3) is 0.846. The van der Waals surface area contributed by atoms with Gasteiger partial charge in [0.2, 0.25) is 5.91 Å². The van der Waals surface area contributed by atoms with E-state index in [-0.39, 0.29) is 29.6 Å². The Hall–Kier alpha value is -0.900. The highest BCUT2D eigenvalue weighted by Gasteiger charge is 2.35. The largest absolute Gasteiger partial charge is 0.381 e. The standard InChI is InChI=1S/C13H23NO3/c1-8(6-13(14)16)10-4-5-11(9(2)15)12(7-10)17-3/h8,10-12H,4-7H2,1-3H3,(H2,14,16). The normalized spacial score (nSPS) is 30.9. The van der Waals surface area contributed by atoms with Crippen molar-refractivity contribution in [2.75, 3.05) is 7.11 Å². The molecule has 98 valence electrons. The quantitative estimate of drug-likeness (QED) is 0.793. The van der Waals surface area contributed by atoms with Crippen LogP contribution < -0.4 is 5.73 Å². The number of ketones is 1. The molecule has 17 heavy (non-hydrogen) atoms. The topological polar surface area (TPSA) is 69.4 Å². The molecular formula is C13H23NO3. The number of hydrogen-bond acceptors (Lipinski definition) is 3. The maximum absolute atomic E-state index is 11.5. The van der Waals surface area contributed by atoms with Crippen LogP contribution in [0, 0.1) is 17.8 Å². The molecule has 1 aliphatic carbocycles. The van der Waals surface area contributed by atoms with Gasteiger partial charge in [0.15, 0.2) is 0 Å². The molecule has 1 rings (SSSR count). The number of Topliss-reactive ketones (excluding diaryl/α,β-unsaturated/α-hetero) is 1. The second-order valence-corrected chi connectivity index (χ2v) is 5.21. The molecule has 0 bridgehead atoms. The van der Waals surface area contributed by atoms with Crippen LogP contribution in [0.5, 0.6) is 0 Å². The molecule has 0 aromatic carbocycles. The zero-order valence-electron chi connectivity index (χ0n) is 10.9. The van der Waals surface area contributed by atoms with E-state index in [1.165, 1.54) is 0 Å². The van der Waals surface area contributed by atoms with E-state index in [1.807, 2.05) is 0 Å². The molecule has 4 unspecified atom stereocenters. The number of methoxy groups -OCH3 is 1. The maximum Gasteiger partial charge on any atom is 0.217 e. The second kappa shape index (κ2) is 6.15. The van der Waals surface area contributed by atoms with Gasteiger partial charge in [0.1, 0.15) is 5.78 Å². The van der Waals surface area contributed by atoms with Crippen molar-refractivity contribution in [2.24, 2.45) is 23.5 Å². The molecule has 1 amide bonds. The Bertz CT molecular complexity index is 290. The molecule has 0 spiro atoms. The molecular weight excluding hydrogens is 218 g/mol. The Labute approximate surface area is 103 Å². The van der Waals surface area contributed by atoms with Crippen LogP contribution >= 0.6 is 0 Å². The van der Waals surface area contributed by atoms with E-state index in [1.54, 1.807) is 14.0 Å². The Morgan fingerprint density at radius 3 is 2.53 bits per heavy atom. The third-order valence-electron chi connectivity index (χ3n) is 3.99. The number of carbonyl (C=O) groups excluding carboxylic acids is 2. The van der Waals surface area contributed by atoms with Gasteiger partial charge in [-0.05, 0) is 38.0 Å². The number of ether oxygens (including phenoxy) is 1. The molecule has 1 fully saturated rings. The highest BCUT2D eigenvalue weighted by Crippen LogP contribution is 2.36. The van der Waals surface area contributed by atoms with Gasteiger partial charge in [-0.2, -0.15) is 0 Å². The summed E-state index contributed by atoms with van der Waals surface area (Å²) >= 11 is 0. The molecule has 0 aromatic heterocycles. The van der Waals surface area contributed by atoms with Crippen molar-refractivity contribution in [3.8, 4) is 0 Å². The minimum atomic E-state index is -0.250. The maximum atomic E-state index is 11.5. The molecule has 0 aromatic rings.